The molecule has 0 saturated carbocycles. The van der Waals surface area contributed by atoms with Crippen LogP contribution < -0.4 is 0 Å². The quantitative estimate of drug-likeness (QED) is 0.372. The maximum absolute atomic E-state index is 11.4. The highest BCUT2D eigenvalue weighted by atomic mass is 32.2. The molecular formula is C12H15NO5S. The maximum Gasteiger partial charge on any atom is 0.337 e. The fourth-order valence-electron chi connectivity index (χ4n) is 1.31. The first-order valence-corrected chi connectivity index (χ1v) is 6.58. The largest absolute Gasteiger partial charge is 0.465 e. The number of thioether (sulfide) groups is 1. The fourth-order valence-corrected chi connectivity index (χ4v) is 2.38. The third-order valence-electron chi connectivity index (χ3n) is 2.41. The van der Waals surface area contributed by atoms with E-state index < -0.39 is 10.9 Å². The number of nitro groups is 1. The Kier molecular flexibility index (Phi) is 5.78. The van der Waals surface area contributed by atoms with Gasteiger partial charge < -0.3 is 9.84 Å². The van der Waals surface area contributed by atoms with Crippen molar-refractivity contribution in [2.45, 2.75) is 11.8 Å². The molecule has 6 nitrogen and oxygen atoms in total. The number of carbonyl (C=O) groups excluding carboxylic acids is 1. The summed E-state index contributed by atoms with van der Waals surface area (Å²) in [4.78, 5) is 22.2. The molecule has 104 valence electrons. The molecule has 0 amide bonds. The zero-order valence-electron chi connectivity index (χ0n) is 10.7. The zero-order valence-corrected chi connectivity index (χ0v) is 11.5. The zero-order chi connectivity index (χ0) is 14.4. The van der Waals surface area contributed by atoms with Gasteiger partial charge in [-0.15, -0.1) is 11.8 Å². The Morgan fingerprint density at radius 2 is 2.26 bits per heavy atom. The van der Waals surface area contributed by atoms with E-state index in [-0.39, 0.29) is 23.8 Å². The summed E-state index contributed by atoms with van der Waals surface area (Å²) in [6, 6.07) is 4.10. The van der Waals surface area contributed by atoms with E-state index in [0.717, 1.165) is 0 Å². The fraction of sp³-hybridized carbons (Fsp3) is 0.417. The Morgan fingerprint density at radius 3 is 2.79 bits per heavy atom. The van der Waals surface area contributed by atoms with Crippen LogP contribution in [0.5, 0.6) is 0 Å². The van der Waals surface area contributed by atoms with Crippen molar-refractivity contribution in [2.75, 3.05) is 19.5 Å². The van der Waals surface area contributed by atoms with Crippen molar-refractivity contribution in [3.05, 3.63) is 33.9 Å². The monoisotopic (exact) mass is 285 g/mol. The van der Waals surface area contributed by atoms with Gasteiger partial charge in [0.25, 0.3) is 5.69 Å². The van der Waals surface area contributed by atoms with E-state index in [0.29, 0.717) is 10.6 Å². The van der Waals surface area contributed by atoms with E-state index in [9.17, 15) is 14.9 Å². The van der Waals surface area contributed by atoms with Crippen LogP contribution in [0.2, 0.25) is 0 Å². The lowest BCUT2D eigenvalue weighted by atomic mass is 10.2. The third kappa shape index (κ3) is 4.22. The highest BCUT2D eigenvalue weighted by molar-refractivity contribution is 7.99. The lowest BCUT2D eigenvalue weighted by molar-refractivity contribution is -0.387. The molecule has 1 atom stereocenters. The van der Waals surface area contributed by atoms with Crippen LogP contribution in [-0.2, 0) is 4.74 Å². The van der Waals surface area contributed by atoms with Crippen molar-refractivity contribution >= 4 is 23.4 Å². The smallest absolute Gasteiger partial charge is 0.337 e. The van der Waals surface area contributed by atoms with E-state index in [1.807, 2.05) is 6.92 Å². The number of carbonyl (C=O) groups is 1. The average molecular weight is 285 g/mol. The minimum absolute atomic E-state index is 0.0114. The lowest BCUT2D eigenvalue weighted by Gasteiger charge is -2.08. The molecule has 19 heavy (non-hydrogen) atoms. The first kappa shape index (κ1) is 15.5. The van der Waals surface area contributed by atoms with Crippen LogP contribution in [0.4, 0.5) is 5.69 Å². The van der Waals surface area contributed by atoms with Gasteiger partial charge in [0.05, 0.1) is 22.5 Å². The number of aliphatic hydroxyl groups excluding tert-OH is 1. The Labute approximate surface area is 114 Å². The highest BCUT2D eigenvalue weighted by Crippen LogP contribution is 2.31. The summed E-state index contributed by atoms with van der Waals surface area (Å²) in [7, 11) is 1.25. The van der Waals surface area contributed by atoms with Gasteiger partial charge in [0.1, 0.15) is 0 Å². The second-order valence-corrected chi connectivity index (χ2v) is 5.09. The number of methoxy groups -OCH3 is 1. The first-order valence-electron chi connectivity index (χ1n) is 5.60. The molecule has 1 aromatic carbocycles. The van der Waals surface area contributed by atoms with E-state index in [1.54, 1.807) is 0 Å². The predicted octanol–water partition coefficient (Wildman–Crippen LogP) is 2.10. The van der Waals surface area contributed by atoms with Crippen molar-refractivity contribution in [1.82, 2.24) is 0 Å². The van der Waals surface area contributed by atoms with Gasteiger partial charge in [-0.2, -0.15) is 0 Å². The SMILES string of the molecule is COC(=O)c1ccc([N+](=O)[O-])c(SCC(C)CO)c1. The second kappa shape index (κ2) is 7.10. The van der Waals surface area contributed by atoms with Crippen molar-refractivity contribution in [3.63, 3.8) is 0 Å². The van der Waals surface area contributed by atoms with Crippen LogP contribution >= 0.6 is 11.8 Å². The number of nitrogens with zero attached hydrogens (tertiary/aromatic N) is 1. The Morgan fingerprint density at radius 1 is 1.58 bits per heavy atom. The normalized spacial score (nSPS) is 11.9. The van der Waals surface area contributed by atoms with Gasteiger partial charge >= 0.3 is 5.97 Å². The molecule has 0 aliphatic carbocycles. The Balaban J connectivity index is 3.01. The molecule has 0 bridgehead atoms. The summed E-state index contributed by atoms with van der Waals surface area (Å²) in [5, 5.41) is 19.9. The standard InChI is InChI=1S/C12H15NO5S/c1-8(6-14)7-19-11-5-9(12(15)18-2)3-4-10(11)13(16)17/h3-5,8,14H,6-7H2,1-2H3. The third-order valence-corrected chi connectivity index (χ3v) is 3.79. The van der Waals surface area contributed by atoms with Gasteiger partial charge in [-0.25, -0.2) is 4.79 Å². The molecule has 1 unspecified atom stereocenters. The van der Waals surface area contributed by atoms with Gasteiger partial charge in [0.15, 0.2) is 0 Å². The summed E-state index contributed by atoms with van der Waals surface area (Å²) in [5.74, 6) is 0.0143. The summed E-state index contributed by atoms with van der Waals surface area (Å²) >= 11 is 1.24. The summed E-state index contributed by atoms with van der Waals surface area (Å²) in [6.07, 6.45) is 0. The van der Waals surface area contributed by atoms with E-state index >= 15 is 0 Å². The molecule has 0 aromatic heterocycles. The number of esters is 1. The molecular weight excluding hydrogens is 270 g/mol. The summed E-state index contributed by atoms with van der Waals surface area (Å²) in [5.41, 5.74) is 0.218. The number of rotatable bonds is 6. The van der Waals surface area contributed by atoms with Crippen LogP contribution in [-0.4, -0.2) is 35.5 Å². The molecule has 0 radical (unpaired) electrons. The average Bonchev–Trinajstić information content (AvgIpc) is 2.43. The van der Waals surface area contributed by atoms with Crippen molar-refractivity contribution in [3.8, 4) is 0 Å². The van der Waals surface area contributed by atoms with Crippen molar-refractivity contribution in [1.29, 1.82) is 0 Å². The summed E-state index contributed by atoms with van der Waals surface area (Å²) in [6.45, 7) is 1.85. The van der Waals surface area contributed by atoms with Gasteiger partial charge in [-0.05, 0) is 18.1 Å². The topological polar surface area (TPSA) is 89.7 Å². The molecule has 7 heteroatoms. The van der Waals surface area contributed by atoms with Crippen LogP contribution in [0.1, 0.15) is 17.3 Å². The molecule has 0 aliphatic rings. The van der Waals surface area contributed by atoms with Crippen LogP contribution in [0.25, 0.3) is 0 Å². The Hall–Kier alpha value is -1.60. The number of nitro benzene ring substituents is 1. The van der Waals surface area contributed by atoms with Crippen molar-refractivity contribution in [2.24, 2.45) is 5.92 Å². The number of ether oxygens (including phenoxy) is 1. The molecule has 1 aromatic rings. The second-order valence-electron chi connectivity index (χ2n) is 4.03. The van der Waals surface area contributed by atoms with Crippen molar-refractivity contribution < 1.29 is 19.6 Å². The number of aliphatic hydroxyl groups is 1. The number of benzene rings is 1. The maximum atomic E-state index is 11.4. The van der Waals surface area contributed by atoms with E-state index in [1.165, 1.54) is 37.1 Å². The molecule has 0 aliphatic heterocycles. The van der Waals surface area contributed by atoms with Gasteiger partial charge in [-0.3, -0.25) is 10.1 Å². The van der Waals surface area contributed by atoms with E-state index in [4.69, 9.17) is 5.11 Å². The minimum Gasteiger partial charge on any atom is -0.465 e. The lowest BCUT2D eigenvalue weighted by Crippen LogP contribution is -2.05. The molecule has 1 rings (SSSR count). The molecule has 0 heterocycles. The number of hydrogen-bond acceptors (Lipinski definition) is 6. The number of hydrogen-bond donors (Lipinski definition) is 1. The van der Waals surface area contributed by atoms with Crippen LogP contribution in [0.3, 0.4) is 0 Å². The van der Waals surface area contributed by atoms with Crippen LogP contribution in [0.15, 0.2) is 23.1 Å². The summed E-state index contributed by atoms with van der Waals surface area (Å²) < 4.78 is 4.58. The van der Waals surface area contributed by atoms with E-state index in [2.05, 4.69) is 4.74 Å². The molecule has 0 spiro atoms. The van der Waals surface area contributed by atoms with Gasteiger partial charge in [0.2, 0.25) is 0 Å². The predicted molar refractivity (Wildman–Crippen MR) is 71.4 cm³/mol. The Bertz CT molecular complexity index is 477. The molecule has 0 saturated heterocycles. The minimum atomic E-state index is -0.535. The van der Waals surface area contributed by atoms with Gasteiger partial charge in [0, 0.05) is 18.4 Å². The molecule has 1 N–H and O–H groups in total. The highest BCUT2D eigenvalue weighted by Gasteiger charge is 2.18. The molecule has 0 fully saturated rings. The first-order chi connectivity index (χ1) is 8.99. The van der Waals surface area contributed by atoms with Gasteiger partial charge in [-0.1, -0.05) is 6.92 Å². The van der Waals surface area contributed by atoms with Crippen LogP contribution in [0, 0.1) is 16.0 Å².